The molecule has 2 amide bonds. The van der Waals surface area contributed by atoms with Gasteiger partial charge >= 0.3 is 0 Å². The molecule has 1 aromatic carbocycles. The van der Waals surface area contributed by atoms with Crippen molar-refractivity contribution in [1.82, 2.24) is 15.3 Å². The molecule has 1 atom stereocenters. The first kappa shape index (κ1) is 20.7. The first-order valence-electron chi connectivity index (χ1n) is 9.97. The number of aromatic nitrogens is 2. The van der Waals surface area contributed by atoms with E-state index in [2.05, 4.69) is 20.2 Å². The molecule has 1 unspecified atom stereocenters. The van der Waals surface area contributed by atoms with Gasteiger partial charge in [-0.1, -0.05) is 11.6 Å². The molecule has 0 bridgehead atoms. The van der Waals surface area contributed by atoms with Gasteiger partial charge in [-0.2, -0.15) is 0 Å². The summed E-state index contributed by atoms with van der Waals surface area (Å²) in [4.78, 5) is 37.5. The number of carbonyl (C=O) groups excluding carboxylic acids is 2. The summed E-state index contributed by atoms with van der Waals surface area (Å²) in [6.07, 6.45) is 1.71. The van der Waals surface area contributed by atoms with Crippen molar-refractivity contribution in [3.63, 3.8) is 0 Å². The summed E-state index contributed by atoms with van der Waals surface area (Å²) in [7, 11) is 0. The molecule has 0 saturated carbocycles. The molecular weight excluding hydrogens is 409 g/mol. The maximum absolute atomic E-state index is 13.4. The van der Waals surface area contributed by atoms with Gasteiger partial charge in [-0.3, -0.25) is 9.59 Å². The topological polar surface area (TPSA) is 78.4 Å². The van der Waals surface area contributed by atoms with Gasteiger partial charge in [0.15, 0.2) is 0 Å². The van der Waals surface area contributed by atoms with E-state index < -0.39 is 11.9 Å². The number of nitrogens with zero attached hydrogens (tertiary/aromatic N) is 4. The van der Waals surface area contributed by atoms with Crippen molar-refractivity contribution < 1.29 is 14.0 Å². The average molecular weight is 432 g/mol. The average Bonchev–Trinajstić information content (AvgIpc) is 2.97. The van der Waals surface area contributed by atoms with Crippen LogP contribution in [-0.4, -0.2) is 47.0 Å². The number of carbonyl (C=O) groups is 2. The Kier molecular flexibility index (Phi) is 5.71. The minimum Gasteiger partial charge on any atom is -0.341 e. The van der Waals surface area contributed by atoms with E-state index in [1.54, 1.807) is 0 Å². The van der Waals surface area contributed by atoms with Gasteiger partial charge in [0.1, 0.15) is 5.82 Å². The predicted molar refractivity (Wildman–Crippen MR) is 112 cm³/mol. The highest BCUT2D eigenvalue weighted by atomic mass is 35.5. The molecule has 7 nitrogen and oxygen atoms in total. The van der Waals surface area contributed by atoms with Crippen molar-refractivity contribution in [3.8, 4) is 0 Å². The van der Waals surface area contributed by atoms with Crippen LogP contribution in [0.4, 0.5) is 16.0 Å². The van der Waals surface area contributed by atoms with Crippen LogP contribution < -0.4 is 15.1 Å². The molecule has 1 aromatic heterocycles. The van der Waals surface area contributed by atoms with Gasteiger partial charge in [-0.05, 0) is 51.0 Å². The molecule has 158 valence electrons. The molecule has 2 aromatic rings. The fraction of sp³-hybridized carbons (Fsp3) is 0.429. The predicted octanol–water partition coefficient (Wildman–Crippen LogP) is 2.78. The van der Waals surface area contributed by atoms with Crippen LogP contribution in [0.5, 0.6) is 0 Å². The van der Waals surface area contributed by atoms with Crippen molar-refractivity contribution in [2.75, 3.05) is 22.9 Å². The number of rotatable bonds is 4. The van der Waals surface area contributed by atoms with E-state index in [4.69, 9.17) is 11.6 Å². The molecule has 0 aliphatic carbocycles. The normalized spacial score (nSPS) is 20.3. The first-order chi connectivity index (χ1) is 14.3. The molecule has 30 heavy (non-hydrogen) atoms. The molecule has 2 fully saturated rings. The molecule has 4 rings (SSSR count). The molecule has 0 radical (unpaired) electrons. The van der Waals surface area contributed by atoms with E-state index in [0.29, 0.717) is 5.69 Å². The third kappa shape index (κ3) is 4.15. The summed E-state index contributed by atoms with van der Waals surface area (Å²) in [5.41, 5.74) is 2.17. The van der Waals surface area contributed by atoms with E-state index >= 15 is 0 Å². The molecule has 3 heterocycles. The second-order valence-corrected chi connectivity index (χ2v) is 8.21. The first-order valence-corrected chi connectivity index (χ1v) is 10.3. The number of anilines is 2. The lowest BCUT2D eigenvalue weighted by atomic mass is 10.0. The molecule has 2 aliphatic heterocycles. The smallest absolute Gasteiger partial charge is 0.251 e. The fourth-order valence-electron chi connectivity index (χ4n) is 4.04. The van der Waals surface area contributed by atoms with Gasteiger partial charge < -0.3 is 10.2 Å². The SMILES string of the molecule is Cc1cc(C)nc(N2CCC(NC3CC(=O)N(c4ccc(F)c(Cl)c4)C3=O)CC2)n1. The Labute approximate surface area is 179 Å². The second-order valence-electron chi connectivity index (χ2n) is 7.80. The van der Waals surface area contributed by atoms with E-state index in [9.17, 15) is 14.0 Å². The van der Waals surface area contributed by atoms with Crippen LogP contribution in [0.3, 0.4) is 0 Å². The summed E-state index contributed by atoms with van der Waals surface area (Å²) in [5, 5.41) is 3.21. The van der Waals surface area contributed by atoms with Gasteiger partial charge in [-0.15, -0.1) is 0 Å². The van der Waals surface area contributed by atoms with Crippen LogP contribution in [0, 0.1) is 19.7 Å². The fourth-order valence-corrected chi connectivity index (χ4v) is 4.21. The van der Waals surface area contributed by atoms with Crippen molar-refractivity contribution in [2.45, 2.75) is 45.2 Å². The Morgan fingerprint density at radius 2 is 1.77 bits per heavy atom. The molecule has 2 aliphatic rings. The highest BCUT2D eigenvalue weighted by molar-refractivity contribution is 6.31. The Balaban J connectivity index is 1.38. The third-order valence-corrected chi connectivity index (χ3v) is 5.78. The second kappa shape index (κ2) is 8.28. The Morgan fingerprint density at radius 1 is 1.10 bits per heavy atom. The summed E-state index contributed by atoms with van der Waals surface area (Å²) < 4.78 is 13.4. The maximum Gasteiger partial charge on any atom is 0.251 e. The Morgan fingerprint density at radius 3 is 2.40 bits per heavy atom. The number of benzene rings is 1. The number of hydrogen-bond donors (Lipinski definition) is 1. The van der Waals surface area contributed by atoms with Crippen LogP contribution in [0.2, 0.25) is 5.02 Å². The maximum atomic E-state index is 13.4. The number of piperidine rings is 1. The van der Waals surface area contributed by atoms with Crippen molar-refractivity contribution in [3.05, 3.63) is 46.5 Å². The van der Waals surface area contributed by atoms with Crippen LogP contribution in [-0.2, 0) is 9.59 Å². The zero-order valence-corrected chi connectivity index (χ0v) is 17.6. The van der Waals surface area contributed by atoms with E-state index in [1.807, 2.05) is 19.9 Å². The number of halogens is 2. The lowest BCUT2D eigenvalue weighted by Gasteiger charge is -2.33. The van der Waals surface area contributed by atoms with Crippen molar-refractivity contribution >= 4 is 35.1 Å². The van der Waals surface area contributed by atoms with Gasteiger partial charge in [0.25, 0.3) is 5.91 Å². The standard InChI is InChI=1S/C21H23ClFN5O2/c1-12-9-13(2)25-21(24-12)27-7-5-14(6-8-27)26-18-11-19(29)28(20(18)30)15-3-4-17(23)16(22)10-15/h3-4,9-10,14,18,26H,5-8,11H2,1-2H3. The third-order valence-electron chi connectivity index (χ3n) is 5.49. The van der Waals surface area contributed by atoms with Crippen LogP contribution in [0.15, 0.2) is 24.3 Å². The largest absolute Gasteiger partial charge is 0.341 e. The molecule has 2 saturated heterocycles. The minimum atomic E-state index is -0.589. The minimum absolute atomic E-state index is 0.0776. The van der Waals surface area contributed by atoms with Crippen molar-refractivity contribution in [2.24, 2.45) is 0 Å². The number of nitrogens with one attached hydrogen (secondary N) is 1. The lowest BCUT2D eigenvalue weighted by molar-refractivity contribution is -0.121. The van der Waals surface area contributed by atoms with E-state index in [1.165, 1.54) is 12.1 Å². The molecule has 0 spiro atoms. The molecule has 9 heteroatoms. The Hall–Kier alpha value is -2.58. The lowest BCUT2D eigenvalue weighted by Crippen LogP contribution is -2.49. The van der Waals surface area contributed by atoms with E-state index in [-0.39, 0.29) is 29.3 Å². The van der Waals surface area contributed by atoms with Gasteiger partial charge in [0, 0.05) is 30.5 Å². The number of aryl methyl sites for hydroxylation is 2. The summed E-state index contributed by atoms with van der Waals surface area (Å²) in [6, 6.07) is 5.32. The number of amides is 2. The van der Waals surface area contributed by atoms with E-state index in [0.717, 1.165) is 54.2 Å². The Bertz CT molecular complexity index is 973. The highest BCUT2D eigenvalue weighted by Gasteiger charge is 2.41. The zero-order chi connectivity index (χ0) is 21.4. The van der Waals surface area contributed by atoms with Gasteiger partial charge in [0.05, 0.1) is 23.2 Å². The highest BCUT2D eigenvalue weighted by Crippen LogP contribution is 2.28. The zero-order valence-electron chi connectivity index (χ0n) is 16.9. The summed E-state index contributed by atoms with van der Waals surface area (Å²) >= 11 is 5.81. The molecule has 1 N–H and O–H groups in total. The van der Waals surface area contributed by atoms with Gasteiger partial charge in [-0.25, -0.2) is 19.3 Å². The monoisotopic (exact) mass is 431 g/mol. The molecular formula is C21H23ClFN5O2. The van der Waals surface area contributed by atoms with Crippen LogP contribution in [0.1, 0.15) is 30.7 Å². The van der Waals surface area contributed by atoms with Crippen LogP contribution >= 0.6 is 11.6 Å². The summed E-state index contributed by atoms with van der Waals surface area (Å²) in [6.45, 7) is 5.45. The van der Waals surface area contributed by atoms with Gasteiger partial charge in [0.2, 0.25) is 11.9 Å². The van der Waals surface area contributed by atoms with Crippen molar-refractivity contribution in [1.29, 1.82) is 0 Å². The number of imide groups is 1. The summed E-state index contributed by atoms with van der Waals surface area (Å²) in [5.74, 6) is -0.504. The van der Waals surface area contributed by atoms with Crippen LogP contribution in [0.25, 0.3) is 0 Å². The number of hydrogen-bond acceptors (Lipinski definition) is 6. The quantitative estimate of drug-likeness (QED) is 0.750.